The number of primary amides is 1. The molecule has 0 aliphatic carbocycles. The maximum atomic E-state index is 11.8. The van der Waals surface area contributed by atoms with Gasteiger partial charge < -0.3 is 16.0 Å². The first-order valence-corrected chi connectivity index (χ1v) is 7.28. The zero-order chi connectivity index (χ0) is 13.1. The van der Waals surface area contributed by atoms with E-state index in [9.17, 15) is 9.59 Å². The van der Waals surface area contributed by atoms with Gasteiger partial charge in [0.05, 0.1) is 12.5 Å². The van der Waals surface area contributed by atoms with Gasteiger partial charge in [-0.3, -0.25) is 4.79 Å². The average Bonchev–Trinajstić information content (AvgIpc) is 2.94. The van der Waals surface area contributed by atoms with Crippen molar-refractivity contribution in [2.45, 2.75) is 13.0 Å². The van der Waals surface area contributed by atoms with Crippen LogP contribution in [0.2, 0.25) is 0 Å². The predicted molar refractivity (Wildman–Crippen MR) is 73.1 cm³/mol. The highest BCUT2D eigenvalue weighted by atomic mass is 79.9. The van der Waals surface area contributed by atoms with Crippen LogP contribution in [0.15, 0.2) is 15.9 Å². The number of carbonyl (C=O) groups excluding carboxylic acids is 2. The summed E-state index contributed by atoms with van der Waals surface area (Å²) in [6.07, 6.45) is 0.660. The molecule has 1 saturated heterocycles. The van der Waals surface area contributed by atoms with E-state index in [-0.39, 0.29) is 17.9 Å². The van der Waals surface area contributed by atoms with Crippen LogP contribution in [0.4, 0.5) is 4.79 Å². The van der Waals surface area contributed by atoms with E-state index >= 15 is 0 Å². The Bertz CT molecular complexity index is 463. The fourth-order valence-corrected chi connectivity index (χ4v) is 3.29. The number of hydrogen-bond donors (Lipinski definition) is 2. The van der Waals surface area contributed by atoms with Crippen molar-refractivity contribution >= 4 is 39.2 Å². The molecule has 3 N–H and O–H groups in total. The van der Waals surface area contributed by atoms with Crippen LogP contribution in [-0.2, 0) is 11.3 Å². The number of thiophene rings is 1. The molecule has 1 aliphatic rings. The van der Waals surface area contributed by atoms with Gasteiger partial charge in [0.15, 0.2) is 0 Å². The van der Waals surface area contributed by atoms with Crippen molar-refractivity contribution in [2.75, 3.05) is 13.1 Å². The Morgan fingerprint density at radius 2 is 2.39 bits per heavy atom. The SMILES string of the molecule is NC(=O)C1CCN(C(=O)NCc2cc(Br)cs2)C1. The number of urea groups is 1. The van der Waals surface area contributed by atoms with E-state index < -0.39 is 0 Å². The molecule has 3 amide bonds. The Balaban J connectivity index is 1.80. The number of carbonyl (C=O) groups is 2. The van der Waals surface area contributed by atoms with Crippen LogP contribution in [0.5, 0.6) is 0 Å². The zero-order valence-electron chi connectivity index (χ0n) is 9.69. The van der Waals surface area contributed by atoms with E-state index in [1.165, 1.54) is 0 Å². The summed E-state index contributed by atoms with van der Waals surface area (Å²) in [5.74, 6) is -0.529. The smallest absolute Gasteiger partial charge is 0.317 e. The molecular weight excluding hydrogens is 318 g/mol. The van der Waals surface area contributed by atoms with Gasteiger partial charge in [-0.05, 0) is 28.4 Å². The van der Waals surface area contributed by atoms with Gasteiger partial charge in [0.1, 0.15) is 0 Å². The minimum atomic E-state index is -0.326. The van der Waals surface area contributed by atoms with Crippen molar-refractivity contribution in [1.82, 2.24) is 10.2 Å². The highest BCUT2D eigenvalue weighted by molar-refractivity contribution is 9.10. The number of nitrogens with zero attached hydrogens (tertiary/aromatic N) is 1. The quantitative estimate of drug-likeness (QED) is 0.881. The molecule has 0 radical (unpaired) electrons. The van der Waals surface area contributed by atoms with E-state index in [1.54, 1.807) is 16.2 Å². The third-order valence-corrected chi connectivity index (χ3v) is 4.61. The fourth-order valence-electron chi connectivity index (χ4n) is 1.90. The Kier molecular flexibility index (Phi) is 4.23. The summed E-state index contributed by atoms with van der Waals surface area (Å²) in [5.41, 5.74) is 5.23. The molecule has 5 nitrogen and oxygen atoms in total. The Hall–Kier alpha value is -1.08. The average molecular weight is 332 g/mol. The van der Waals surface area contributed by atoms with Crippen molar-refractivity contribution in [2.24, 2.45) is 11.7 Å². The molecule has 0 spiro atoms. The lowest BCUT2D eigenvalue weighted by Crippen LogP contribution is -2.39. The summed E-state index contributed by atoms with van der Waals surface area (Å²) in [7, 11) is 0. The number of nitrogens with one attached hydrogen (secondary N) is 1. The van der Waals surface area contributed by atoms with E-state index in [0.29, 0.717) is 26.1 Å². The molecule has 1 unspecified atom stereocenters. The standard InChI is InChI=1S/C11H14BrN3O2S/c12-8-3-9(18-6-8)4-14-11(17)15-2-1-7(5-15)10(13)16/h3,6-7H,1-2,4-5H2,(H2,13,16)(H,14,17). The van der Waals surface area contributed by atoms with E-state index in [4.69, 9.17) is 5.73 Å². The van der Waals surface area contributed by atoms with Crippen molar-refractivity contribution in [3.8, 4) is 0 Å². The Labute approximate surface area is 117 Å². The van der Waals surface area contributed by atoms with Gasteiger partial charge in [0, 0.05) is 27.8 Å². The lowest BCUT2D eigenvalue weighted by Gasteiger charge is -2.16. The Morgan fingerprint density at radius 3 is 2.94 bits per heavy atom. The summed E-state index contributed by atoms with van der Waals surface area (Å²) < 4.78 is 1.02. The van der Waals surface area contributed by atoms with Crippen LogP contribution in [0.1, 0.15) is 11.3 Å². The number of hydrogen-bond acceptors (Lipinski definition) is 3. The lowest BCUT2D eigenvalue weighted by atomic mass is 10.1. The van der Waals surface area contributed by atoms with Gasteiger partial charge in [-0.25, -0.2) is 4.79 Å². The first kappa shape index (κ1) is 13.4. The molecule has 2 rings (SSSR count). The van der Waals surface area contributed by atoms with Crippen LogP contribution in [-0.4, -0.2) is 29.9 Å². The van der Waals surface area contributed by atoms with Crippen LogP contribution >= 0.6 is 27.3 Å². The normalized spacial score (nSPS) is 18.9. The zero-order valence-corrected chi connectivity index (χ0v) is 12.1. The van der Waals surface area contributed by atoms with Crippen LogP contribution in [0.25, 0.3) is 0 Å². The third kappa shape index (κ3) is 3.23. The molecule has 7 heteroatoms. The molecule has 98 valence electrons. The molecular formula is C11H14BrN3O2S. The van der Waals surface area contributed by atoms with Gasteiger partial charge in [-0.2, -0.15) is 0 Å². The van der Waals surface area contributed by atoms with Crippen LogP contribution < -0.4 is 11.1 Å². The number of likely N-dealkylation sites (tertiary alicyclic amines) is 1. The molecule has 0 bridgehead atoms. The second-order valence-electron chi connectivity index (χ2n) is 4.22. The topological polar surface area (TPSA) is 75.4 Å². The van der Waals surface area contributed by atoms with Gasteiger partial charge in [0.2, 0.25) is 5.91 Å². The molecule has 1 fully saturated rings. The summed E-state index contributed by atoms with van der Waals surface area (Å²) in [6.45, 7) is 1.52. The van der Waals surface area contributed by atoms with E-state index in [1.807, 2.05) is 11.4 Å². The van der Waals surface area contributed by atoms with Crippen LogP contribution in [0, 0.1) is 5.92 Å². The number of nitrogens with two attached hydrogens (primary N) is 1. The molecule has 1 atom stereocenters. The number of amides is 3. The first-order chi connectivity index (χ1) is 8.56. The van der Waals surface area contributed by atoms with Gasteiger partial charge >= 0.3 is 6.03 Å². The number of rotatable bonds is 3. The fraction of sp³-hybridized carbons (Fsp3) is 0.455. The summed E-state index contributed by atoms with van der Waals surface area (Å²) >= 11 is 4.95. The Morgan fingerprint density at radius 1 is 1.61 bits per heavy atom. The van der Waals surface area contributed by atoms with Crippen molar-refractivity contribution in [3.05, 3.63) is 20.8 Å². The minimum absolute atomic E-state index is 0.136. The summed E-state index contributed by atoms with van der Waals surface area (Å²) in [6, 6.07) is 1.84. The molecule has 0 saturated carbocycles. The van der Waals surface area contributed by atoms with E-state index in [2.05, 4.69) is 21.2 Å². The second-order valence-corrected chi connectivity index (χ2v) is 6.14. The molecule has 0 aromatic carbocycles. The van der Waals surface area contributed by atoms with Crippen molar-refractivity contribution in [1.29, 1.82) is 0 Å². The van der Waals surface area contributed by atoms with Crippen LogP contribution in [0.3, 0.4) is 0 Å². The molecule has 2 heterocycles. The monoisotopic (exact) mass is 331 g/mol. The van der Waals surface area contributed by atoms with Gasteiger partial charge in [-0.1, -0.05) is 0 Å². The van der Waals surface area contributed by atoms with Crippen molar-refractivity contribution < 1.29 is 9.59 Å². The van der Waals surface area contributed by atoms with Crippen molar-refractivity contribution in [3.63, 3.8) is 0 Å². The maximum absolute atomic E-state index is 11.8. The van der Waals surface area contributed by atoms with Gasteiger partial charge in [0.25, 0.3) is 0 Å². The lowest BCUT2D eigenvalue weighted by molar-refractivity contribution is -0.121. The molecule has 18 heavy (non-hydrogen) atoms. The predicted octanol–water partition coefficient (Wildman–Crippen LogP) is 1.53. The highest BCUT2D eigenvalue weighted by Crippen LogP contribution is 2.20. The largest absolute Gasteiger partial charge is 0.369 e. The maximum Gasteiger partial charge on any atom is 0.317 e. The van der Waals surface area contributed by atoms with Gasteiger partial charge in [-0.15, -0.1) is 11.3 Å². The number of halogens is 1. The second kappa shape index (κ2) is 5.71. The minimum Gasteiger partial charge on any atom is -0.369 e. The molecule has 1 aromatic heterocycles. The first-order valence-electron chi connectivity index (χ1n) is 5.61. The summed E-state index contributed by atoms with van der Waals surface area (Å²) in [4.78, 5) is 25.6. The summed E-state index contributed by atoms with van der Waals surface area (Å²) in [5, 5.41) is 4.81. The molecule has 1 aliphatic heterocycles. The highest BCUT2D eigenvalue weighted by Gasteiger charge is 2.29. The third-order valence-electron chi connectivity index (χ3n) is 2.91. The molecule has 1 aromatic rings. The van der Waals surface area contributed by atoms with E-state index in [0.717, 1.165) is 9.35 Å².